The number of rotatable bonds is 5. The first-order valence-electron chi connectivity index (χ1n) is 7.16. The summed E-state index contributed by atoms with van der Waals surface area (Å²) in [6.45, 7) is 0.963. The van der Waals surface area contributed by atoms with E-state index in [4.69, 9.17) is 10.00 Å². The van der Waals surface area contributed by atoms with Crippen molar-refractivity contribution in [2.75, 3.05) is 25.6 Å². The smallest absolute Gasteiger partial charge is 0.143 e. The van der Waals surface area contributed by atoms with Gasteiger partial charge in [0.1, 0.15) is 5.75 Å². The molecule has 0 bridgehead atoms. The van der Waals surface area contributed by atoms with Gasteiger partial charge in [-0.15, -0.1) is 0 Å². The van der Waals surface area contributed by atoms with Crippen LogP contribution in [0.5, 0.6) is 5.75 Å². The van der Waals surface area contributed by atoms with Crippen molar-refractivity contribution in [3.8, 4) is 11.8 Å². The fourth-order valence-electron chi connectivity index (χ4n) is 2.88. The first-order valence-corrected chi connectivity index (χ1v) is 7.16. The lowest BCUT2D eigenvalue weighted by Gasteiger charge is -2.36. The summed E-state index contributed by atoms with van der Waals surface area (Å²) in [5.41, 5.74) is 1.45. The summed E-state index contributed by atoms with van der Waals surface area (Å²) < 4.78 is 5.32. The molecule has 4 heteroatoms. The Balaban J connectivity index is 2.08. The van der Waals surface area contributed by atoms with Gasteiger partial charge < -0.3 is 15.2 Å². The number of nitriles is 1. The summed E-state index contributed by atoms with van der Waals surface area (Å²) in [5, 5.41) is 22.0. The molecule has 1 saturated carbocycles. The Morgan fingerprint density at radius 2 is 2.10 bits per heavy atom. The monoisotopic (exact) mass is 274 g/mol. The molecule has 1 fully saturated rings. The van der Waals surface area contributed by atoms with Crippen molar-refractivity contribution in [2.24, 2.45) is 5.41 Å². The van der Waals surface area contributed by atoms with Gasteiger partial charge in [-0.25, -0.2) is 0 Å². The van der Waals surface area contributed by atoms with Crippen LogP contribution < -0.4 is 10.1 Å². The normalized spacial score (nSPS) is 17.2. The lowest BCUT2D eigenvalue weighted by atomic mass is 9.74. The molecular weight excluding hydrogens is 252 g/mol. The Morgan fingerprint density at radius 3 is 2.70 bits per heavy atom. The number of methoxy groups -OCH3 is 1. The van der Waals surface area contributed by atoms with E-state index in [0.717, 1.165) is 25.1 Å². The first kappa shape index (κ1) is 14.7. The summed E-state index contributed by atoms with van der Waals surface area (Å²) in [6, 6.07) is 7.48. The molecule has 0 aromatic heterocycles. The summed E-state index contributed by atoms with van der Waals surface area (Å²) in [4.78, 5) is 0. The minimum absolute atomic E-state index is 0.0167. The Labute approximate surface area is 120 Å². The molecule has 1 aliphatic rings. The van der Waals surface area contributed by atoms with Crippen LogP contribution >= 0.6 is 0 Å². The van der Waals surface area contributed by atoms with Crippen molar-refractivity contribution in [1.29, 1.82) is 5.26 Å². The molecule has 0 radical (unpaired) electrons. The van der Waals surface area contributed by atoms with Crippen molar-refractivity contribution in [3.05, 3.63) is 23.8 Å². The van der Waals surface area contributed by atoms with Crippen LogP contribution in [0.15, 0.2) is 18.2 Å². The summed E-state index contributed by atoms with van der Waals surface area (Å²) in [5.74, 6) is 0.674. The van der Waals surface area contributed by atoms with E-state index in [1.54, 1.807) is 19.2 Å². The van der Waals surface area contributed by atoms with Gasteiger partial charge in [-0.2, -0.15) is 5.26 Å². The lowest BCUT2D eigenvalue weighted by molar-refractivity contribution is 0.0943. The van der Waals surface area contributed by atoms with Gasteiger partial charge in [-0.05, 0) is 25.0 Å². The van der Waals surface area contributed by atoms with E-state index >= 15 is 0 Å². The van der Waals surface area contributed by atoms with Crippen LogP contribution in [0.4, 0.5) is 5.69 Å². The van der Waals surface area contributed by atoms with Crippen LogP contribution in [-0.2, 0) is 0 Å². The fourth-order valence-corrected chi connectivity index (χ4v) is 2.88. The molecule has 0 unspecified atom stereocenters. The van der Waals surface area contributed by atoms with Gasteiger partial charge >= 0.3 is 0 Å². The number of ether oxygens (including phenoxy) is 1. The molecule has 0 atom stereocenters. The highest BCUT2D eigenvalue weighted by Gasteiger charge is 2.31. The lowest BCUT2D eigenvalue weighted by Crippen LogP contribution is -2.35. The molecule has 4 nitrogen and oxygen atoms in total. The molecule has 20 heavy (non-hydrogen) atoms. The number of aliphatic hydroxyl groups is 1. The molecule has 0 heterocycles. The molecule has 0 amide bonds. The van der Waals surface area contributed by atoms with Crippen LogP contribution in [0.2, 0.25) is 0 Å². The molecule has 0 aliphatic heterocycles. The number of hydrogen-bond donors (Lipinski definition) is 2. The van der Waals surface area contributed by atoms with E-state index in [1.165, 1.54) is 19.3 Å². The Bertz CT molecular complexity index is 488. The van der Waals surface area contributed by atoms with Crippen molar-refractivity contribution in [3.63, 3.8) is 0 Å². The molecule has 1 aromatic carbocycles. The molecule has 1 aromatic rings. The molecule has 0 spiro atoms. The van der Waals surface area contributed by atoms with Crippen molar-refractivity contribution >= 4 is 5.69 Å². The third kappa shape index (κ3) is 3.23. The van der Waals surface area contributed by atoms with Crippen molar-refractivity contribution in [2.45, 2.75) is 32.1 Å². The van der Waals surface area contributed by atoms with Crippen molar-refractivity contribution < 1.29 is 9.84 Å². The van der Waals surface area contributed by atoms with Crippen molar-refractivity contribution in [1.82, 2.24) is 0 Å². The highest BCUT2D eigenvalue weighted by Crippen LogP contribution is 2.37. The maximum absolute atomic E-state index is 9.71. The predicted octanol–water partition coefficient (Wildman–Crippen LogP) is 2.92. The maximum Gasteiger partial charge on any atom is 0.143 e. The number of nitrogens with one attached hydrogen (secondary N) is 1. The largest absolute Gasteiger partial charge is 0.495 e. The van der Waals surface area contributed by atoms with Gasteiger partial charge in [-0.3, -0.25) is 0 Å². The van der Waals surface area contributed by atoms with Gasteiger partial charge in [0, 0.05) is 18.0 Å². The van der Waals surface area contributed by atoms with Crippen LogP contribution in [0.25, 0.3) is 0 Å². The summed E-state index contributed by atoms with van der Waals surface area (Å²) in [6.07, 6.45) is 5.77. The quantitative estimate of drug-likeness (QED) is 0.866. The SMILES string of the molecule is COc1cc(C#N)ccc1NCC1(CO)CCCCC1. The molecule has 1 aliphatic carbocycles. The summed E-state index contributed by atoms with van der Waals surface area (Å²) in [7, 11) is 1.60. The van der Waals surface area contributed by atoms with Crippen LogP contribution in [0.3, 0.4) is 0 Å². The number of nitrogens with zero attached hydrogens (tertiary/aromatic N) is 1. The zero-order valence-corrected chi connectivity index (χ0v) is 12.0. The van der Waals surface area contributed by atoms with Gasteiger partial charge in [0.05, 0.1) is 31.0 Å². The van der Waals surface area contributed by atoms with E-state index < -0.39 is 0 Å². The molecule has 2 N–H and O–H groups in total. The second kappa shape index (κ2) is 6.62. The fraction of sp³-hybridized carbons (Fsp3) is 0.562. The van der Waals surface area contributed by atoms with Gasteiger partial charge in [0.2, 0.25) is 0 Å². The highest BCUT2D eigenvalue weighted by molar-refractivity contribution is 5.59. The molecule has 108 valence electrons. The minimum atomic E-state index is -0.0167. The molecule has 0 saturated heterocycles. The number of aliphatic hydroxyl groups excluding tert-OH is 1. The van der Waals surface area contributed by atoms with Crippen LogP contribution in [0.1, 0.15) is 37.7 Å². The number of hydrogen-bond acceptors (Lipinski definition) is 4. The van der Waals surface area contributed by atoms with Crippen LogP contribution in [0, 0.1) is 16.7 Å². The predicted molar refractivity (Wildman–Crippen MR) is 78.8 cm³/mol. The first-order chi connectivity index (χ1) is 9.73. The van der Waals surface area contributed by atoms with Gasteiger partial charge in [-0.1, -0.05) is 19.3 Å². The number of anilines is 1. The highest BCUT2D eigenvalue weighted by atomic mass is 16.5. The molecular formula is C16H22N2O2. The third-order valence-corrected chi connectivity index (χ3v) is 4.23. The second-order valence-electron chi connectivity index (χ2n) is 5.60. The van der Waals surface area contributed by atoms with E-state index in [2.05, 4.69) is 11.4 Å². The number of benzene rings is 1. The van der Waals surface area contributed by atoms with E-state index in [0.29, 0.717) is 11.3 Å². The van der Waals surface area contributed by atoms with E-state index in [-0.39, 0.29) is 12.0 Å². The standard InChI is InChI=1S/C16H22N2O2/c1-20-15-9-13(10-17)5-6-14(15)18-11-16(12-19)7-3-2-4-8-16/h5-6,9,18-19H,2-4,7-8,11-12H2,1H3. The van der Waals surface area contributed by atoms with Gasteiger partial charge in [0.15, 0.2) is 0 Å². The Kier molecular flexibility index (Phi) is 4.86. The summed E-state index contributed by atoms with van der Waals surface area (Å²) >= 11 is 0. The Morgan fingerprint density at radius 1 is 1.35 bits per heavy atom. The average molecular weight is 274 g/mol. The van der Waals surface area contributed by atoms with E-state index in [1.807, 2.05) is 6.07 Å². The molecule has 2 rings (SSSR count). The van der Waals surface area contributed by atoms with Crippen LogP contribution in [-0.4, -0.2) is 25.4 Å². The third-order valence-electron chi connectivity index (χ3n) is 4.23. The zero-order valence-electron chi connectivity index (χ0n) is 12.0. The second-order valence-corrected chi connectivity index (χ2v) is 5.60. The van der Waals surface area contributed by atoms with Gasteiger partial charge in [0.25, 0.3) is 0 Å². The Hall–Kier alpha value is -1.73. The maximum atomic E-state index is 9.71. The van der Waals surface area contributed by atoms with E-state index in [9.17, 15) is 5.11 Å². The average Bonchev–Trinajstić information content (AvgIpc) is 2.53. The zero-order chi connectivity index (χ0) is 14.4. The minimum Gasteiger partial charge on any atom is -0.495 e. The topological polar surface area (TPSA) is 65.3 Å².